The van der Waals surface area contributed by atoms with E-state index in [2.05, 4.69) is 56.3 Å². The van der Waals surface area contributed by atoms with Crippen molar-refractivity contribution in [3.63, 3.8) is 0 Å². The molecule has 5 nitrogen and oxygen atoms in total. The number of pyridine rings is 1. The molecule has 0 spiro atoms. The fourth-order valence-electron chi connectivity index (χ4n) is 2.74. The van der Waals surface area contributed by atoms with E-state index in [1.807, 2.05) is 17.0 Å². The third-order valence-electron chi connectivity index (χ3n) is 4.28. The first-order valence-electron chi connectivity index (χ1n) is 8.06. The van der Waals surface area contributed by atoms with E-state index in [1.165, 1.54) is 11.3 Å². The van der Waals surface area contributed by atoms with Gasteiger partial charge in [0.25, 0.3) is 0 Å². The van der Waals surface area contributed by atoms with Crippen LogP contribution in [-0.4, -0.2) is 42.1 Å². The van der Waals surface area contributed by atoms with Gasteiger partial charge < -0.3 is 15.1 Å². The molecule has 24 heavy (non-hydrogen) atoms. The summed E-state index contributed by atoms with van der Waals surface area (Å²) in [4.78, 5) is 20.5. The monoisotopic (exact) mass is 388 g/mol. The van der Waals surface area contributed by atoms with Gasteiger partial charge in [0.05, 0.1) is 0 Å². The fraction of sp³-hybridized carbons (Fsp3) is 0.333. The number of halogens is 1. The molecule has 2 heterocycles. The molecule has 1 aromatic carbocycles. The van der Waals surface area contributed by atoms with Crippen molar-refractivity contribution in [2.45, 2.75) is 13.5 Å². The molecule has 0 aliphatic carbocycles. The smallest absolute Gasteiger partial charge is 0.317 e. The number of nitrogens with zero attached hydrogens (tertiary/aromatic N) is 3. The Morgan fingerprint density at radius 2 is 1.88 bits per heavy atom. The van der Waals surface area contributed by atoms with E-state index < -0.39 is 0 Å². The van der Waals surface area contributed by atoms with Crippen molar-refractivity contribution in [2.75, 3.05) is 31.1 Å². The van der Waals surface area contributed by atoms with Crippen LogP contribution in [0.3, 0.4) is 0 Å². The number of piperazine rings is 1. The number of carbonyl (C=O) groups is 1. The zero-order valence-electron chi connectivity index (χ0n) is 13.7. The van der Waals surface area contributed by atoms with Gasteiger partial charge in [-0.3, -0.25) is 4.98 Å². The molecule has 1 N–H and O–H groups in total. The molecule has 1 aliphatic rings. The van der Waals surface area contributed by atoms with E-state index in [9.17, 15) is 4.79 Å². The molecule has 2 amide bonds. The molecule has 0 radical (unpaired) electrons. The fourth-order valence-corrected chi connectivity index (χ4v) is 3.10. The lowest BCUT2D eigenvalue weighted by atomic mass is 10.2. The van der Waals surface area contributed by atoms with Gasteiger partial charge in [0, 0.05) is 55.3 Å². The quantitative estimate of drug-likeness (QED) is 0.877. The first kappa shape index (κ1) is 16.8. The maximum Gasteiger partial charge on any atom is 0.317 e. The van der Waals surface area contributed by atoms with Crippen LogP contribution in [0.4, 0.5) is 10.5 Å². The maximum absolute atomic E-state index is 12.3. The maximum atomic E-state index is 12.3. The third kappa shape index (κ3) is 4.06. The summed E-state index contributed by atoms with van der Waals surface area (Å²) in [6, 6.07) is 10.2. The molecule has 6 heteroatoms. The predicted octanol–water partition coefficient (Wildman–Crippen LogP) is 3.18. The molecule has 0 atom stereocenters. The molecular formula is C18H21BrN4O. The van der Waals surface area contributed by atoms with Gasteiger partial charge in [0.2, 0.25) is 0 Å². The van der Waals surface area contributed by atoms with E-state index in [4.69, 9.17) is 0 Å². The van der Waals surface area contributed by atoms with Crippen LogP contribution in [0.1, 0.15) is 11.1 Å². The summed E-state index contributed by atoms with van der Waals surface area (Å²) >= 11 is 3.58. The van der Waals surface area contributed by atoms with E-state index in [-0.39, 0.29) is 6.03 Å². The molecule has 0 bridgehead atoms. The van der Waals surface area contributed by atoms with Gasteiger partial charge in [0.15, 0.2) is 0 Å². The Morgan fingerprint density at radius 3 is 2.54 bits per heavy atom. The second-order valence-electron chi connectivity index (χ2n) is 5.92. The Labute approximate surface area is 150 Å². The summed E-state index contributed by atoms with van der Waals surface area (Å²) in [5.41, 5.74) is 3.48. The number of aromatic nitrogens is 1. The highest BCUT2D eigenvalue weighted by Gasteiger charge is 2.21. The molecule has 3 rings (SSSR count). The minimum Gasteiger partial charge on any atom is -0.368 e. The average Bonchev–Trinajstić information content (AvgIpc) is 2.63. The Morgan fingerprint density at radius 1 is 1.17 bits per heavy atom. The number of amides is 2. The van der Waals surface area contributed by atoms with Crippen LogP contribution in [0.2, 0.25) is 0 Å². The third-order valence-corrected chi connectivity index (χ3v) is 5.13. The van der Waals surface area contributed by atoms with E-state index in [0.29, 0.717) is 6.54 Å². The topological polar surface area (TPSA) is 48.5 Å². The minimum atomic E-state index is -0.00320. The molecule has 126 valence electrons. The normalized spacial score (nSPS) is 14.6. The first-order chi connectivity index (χ1) is 11.6. The van der Waals surface area contributed by atoms with E-state index in [0.717, 1.165) is 36.2 Å². The van der Waals surface area contributed by atoms with E-state index >= 15 is 0 Å². The number of hydrogen-bond acceptors (Lipinski definition) is 3. The summed E-state index contributed by atoms with van der Waals surface area (Å²) in [5, 5.41) is 2.97. The van der Waals surface area contributed by atoms with Gasteiger partial charge in [0.1, 0.15) is 0 Å². The van der Waals surface area contributed by atoms with Crippen molar-refractivity contribution in [1.82, 2.24) is 15.2 Å². The molecular weight excluding hydrogens is 368 g/mol. The Bertz CT molecular complexity index is 699. The minimum absolute atomic E-state index is 0.00320. The van der Waals surface area contributed by atoms with Crippen molar-refractivity contribution in [1.29, 1.82) is 0 Å². The highest BCUT2D eigenvalue weighted by molar-refractivity contribution is 9.10. The largest absolute Gasteiger partial charge is 0.368 e. The van der Waals surface area contributed by atoms with E-state index in [1.54, 1.807) is 12.4 Å². The summed E-state index contributed by atoms with van der Waals surface area (Å²) in [6.45, 7) is 5.77. The standard InChI is InChI=1S/C18H21BrN4O/c1-14-2-3-16(12-17(14)19)22-8-10-23(11-9-22)18(24)21-13-15-4-6-20-7-5-15/h2-7,12H,8-11,13H2,1H3,(H,21,24). The van der Waals surface area contributed by atoms with Crippen LogP contribution < -0.4 is 10.2 Å². The van der Waals surface area contributed by atoms with Gasteiger partial charge in [-0.15, -0.1) is 0 Å². The van der Waals surface area contributed by atoms with Crippen LogP contribution in [-0.2, 0) is 6.54 Å². The predicted molar refractivity (Wildman–Crippen MR) is 99.1 cm³/mol. The Hall–Kier alpha value is -2.08. The molecule has 0 saturated carbocycles. The lowest BCUT2D eigenvalue weighted by Crippen LogP contribution is -2.51. The number of anilines is 1. The van der Waals surface area contributed by atoms with Crippen molar-refractivity contribution >= 4 is 27.6 Å². The van der Waals surface area contributed by atoms with Crippen LogP contribution in [0.25, 0.3) is 0 Å². The van der Waals surface area contributed by atoms with Gasteiger partial charge in [-0.1, -0.05) is 22.0 Å². The number of nitrogens with one attached hydrogen (secondary N) is 1. The number of benzene rings is 1. The van der Waals surface area contributed by atoms with Gasteiger partial charge in [-0.2, -0.15) is 0 Å². The number of carbonyl (C=O) groups excluding carboxylic acids is 1. The zero-order chi connectivity index (χ0) is 16.9. The molecule has 0 unspecified atom stereocenters. The van der Waals surface area contributed by atoms with Crippen molar-refractivity contribution < 1.29 is 4.79 Å². The Balaban J connectivity index is 1.51. The lowest BCUT2D eigenvalue weighted by Gasteiger charge is -2.36. The average molecular weight is 389 g/mol. The molecule has 1 saturated heterocycles. The number of urea groups is 1. The van der Waals surface area contributed by atoms with Crippen LogP contribution in [0, 0.1) is 6.92 Å². The van der Waals surface area contributed by atoms with Gasteiger partial charge >= 0.3 is 6.03 Å². The summed E-state index contributed by atoms with van der Waals surface area (Å²) in [5.74, 6) is 0. The van der Waals surface area contributed by atoms with Gasteiger partial charge in [-0.05, 0) is 42.3 Å². The van der Waals surface area contributed by atoms with Crippen molar-refractivity contribution in [3.8, 4) is 0 Å². The van der Waals surface area contributed by atoms with Crippen LogP contribution in [0.15, 0.2) is 47.2 Å². The first-order valence-corrected chi connectivity index (χ1v) is 8.85. The second-order valence-corrected chi connectivity index (χ2v) is 6.78. The molecule has 1 aromatic heterocycles. The Kier molecular flexibility index (Phi) is 5.35. The SMILES string of the molecule is Cc1ccc(N2CCN(C(=O)NCc3ccncc3)CC2)cc1Br. The molecule has 1 fully saturated rings. The lowest BCUT2D eigenvalue weighted by molar-refractivity contribution is 0.194. The van der Waals surface area contributed by atoms with Crippen molar-refractivity contribution in [3.05, 3.63) is 58.3 Å². The van der Waals surface area contributed by atoms with Crippen LogP contribution >= 0.6 is 15.9 Å². The highest BCUT2D eigenvalue weighted by atomic mass is 79.9. The summed E-state index contributed by atoms with van der Waals surface area (Å²) in [7, 11) is 0. The number of hydrogen-bond donors (Lipinski definition) is 1. The zero-order valence-corrected chi connectivity index (χ0v) is 15.3. The van der Waals surface area contributed by atoms with Crippen LogP contribution in [0.5, 0.6) is 0 Å². The summed E-state index contributed by atoms with van der Waals surface area (Å²) in [6.07, 6.45) is 3.47. The summed E-state index contributed by atoms with van der Waals surface area (Å²) < 4.78 is 1.12. The highest BCUT2D eigenvalue weighted by Crippen LogP contribution is 2.24. The number of rotatable bonds is 3. The molecule has 2 aromatic rings. The number of aryl methyl sites for hydroxylation is 1. The van der Waals surface area contributed by atoms with Gasteiger partial charge in [-0.25, -0.2) is 4.79 Å². The second kappa shape index (κ2) is 7.66. The van der Waals surface area contributed by atoms with Crippen molar-refractivity contribution in [2.24, 2.45) is 0 Å². The molecule has 1 aliphatic heterocycles.